The van der Waals surface area contributed by atoms with Crippen molar-refractivity contribution in [1.29, 1.82) is 5.41 Å². The molecule has 0 bridgehead atoms. The Labute approximate surface area is 135 Å². The molecule has 108 valence electrons. The number of ether oxygens (including phenoxy) is 2. The summed E-state index contributed by atoms with van der Waals surface area (Å²) in [6.07, 6.45) is 0. The van der Waals surface area contributed by atoms with E-state index in [9.17, 15) is 0 Å². The van der Waals surface area contributed by atoms with Gasteiger partial charge in [0.2, 0.25) is 0 Å². The van der Waals surface area contributed by atoms with E-state index in [1.165, 1.54) is 0 Å². The molecule has 0 fully saturated rings. The average molecular weight is 365 g/mol. The van der Waals surface area contributed by atoms with Crippen LogP contribution in [0.2, 0.25) is 0 Å². The summed E-state index contributed by atoms with van der Waals surface area (Å²) in [7, 11) is 0. The lowest BCUT2D eigenvalue weighted by Crippen LogP contribution is -2.15. The zero-order valence-corrected chi connectivity index (χ0v) is 13.5. The summed E-state index contributed by atoms with van der Waals surface area (Å²) in [5, 5.41) is 7.45. The smallest absolute Gasteiger partial charge is 0.162 e. The first kappa shape index (κ1) is 14.3. The fourth-order valence-electron chi connectivity index (χ4n) is 1.97. The van der Waals surface area contributed by atoms with E-state index in [0.29, 0.717) is 18.8 Å². The summed E-state index contributed by atoms with van der Waals surface area (Å²) in [6, 6.07) is 11.5. The first-order valence-electron chi connectivity index (χ1n) is 6.35. The van der Waals surface area contributed by atoms with Crippen LogP contribution in [0.1, 0.15) is 5.56 Å². The molecule has 1 aliphatic rings. The van der Waals surface area contributed by atoms with Gasteiger partial charge in [0, 0.05) is 19.8 Å². The van der Waals surface area contributed by atoms with Crippen molar-refractivity contribution in [2.24, 2.45) is 5.73 Å². The zero-order chi connectivity index (χ0) is 14.8. The van der Waals surface area contributed by atoms with E-state index in [4.69, 9.17) is 20.6 Å². The molecule has 0 amide bonds. The van der Waals surface area contributed by atoms with Gasteiger partial charge in [-0.05, 0) is 46.3 Å². The van der Waals surface area contributed by atoms with Gasteiger partial charge in [-0.3, -0.25) is 5.41 Å². The number of halogens is 1. The van der Waals surface area contributed by atoms with Crippen LogP contribution in [0.4, 0.5) is 0 Å². The van der Waals surface area contributed by atoms with Crippen molar-refractivity contribution in [1.82, 2.24) is 0 Å². The zero-order valence-electron chi connectivity index (χ0n) is 11.1. The predicted octanol–water partition coefficient (Wildman–Crippen LogP) is 3.66. The van der Waals surface area contributed by atoms with E-state index >= 15 is 0 Å². The third kappa shape index (κ3) is 3.16. The van der Waals surface area contributed by atoms with Gasteiger partial charge in [-0.15, -0.1) is 0 Å². The van der Waals surface area contributed by atoms with Crippen molar-refractivity contribution >= 4 is 33.5 Å². The molecule has 0 saturated heterocycles. The van der Waals surface area contributed by atoms with Gasteiger partial charge < -0.3 is 15.2 Å². The molecule has 0 spiro atoms. The van der Waals surface area contributed by atoms with Gasteiger partial charge in [0.15, 0.2) is 11.5 Å². The lowest BCUT2D eigenvalue weighted by atomic mass is 10.2. The minimum Gasteiger partial charge on any atom is -0.486 e. The SMILES string of the molecule is N=C(N)c1ccc(Sc2ccc3c(c2)OCCO3)c(Br)c1. The van der Waals surface area contributed by atoms with Crippen molar-refractivity contribution in [3.05, 3.63) is 46.4 Å². The van der Waals surface area contributed by atoms with Crippen LogP contribution in [0, 0.1) is 5.41 Å². The molecular weight excluding hydrogens is 352 g/mol. The van der Waals surface area contributed by atoms with Crippen molar-refractivity contribution in [3.8, 4) is 11.5 Å². The molecule has 0 aliphatic carbocycles. The highest BCUT2D eigenvalue weighted by atomic mass is 79.9. The van der Waals surface area contributed by atoms with E-state index in [-0.39, 0.29) is 5.84 Å². The number of benzene rings is 2. The number of hydrogen-bond donors (Lipinski definition) is 2. The molecule has 3 N–H and O–H groups in total. The molecule has 0 saturated carbocycles. The van der Waals surface area contributed by atoms with Crippen LogP contribution in [0.25, 0.3) is 0 Å². The van der Waals surface area contributed by atoms with Crippen LogP contribution < -0.4 is 15.2 Å². The Morgan fingerprint density at radius 1 is 1.10 bits per heavy atom. The van der Waals surface area contributed by atoms with Crippen molar-refractivity contribution in [2.75, 3.05) is 13.2 Å². The minimum atomic E-state index is 0.0616. The maximum Gasteiger partial charge on any atom is 0.162 e. The molecule has 2 aromatic carbocycles. The molecule has 3 rings (SSSR count). The number of hydrogen-bond acceptors (Lipinski definition) is 4. The van der Waals surface area contributed by atoms with Crippen LogP contribution in [0.3, 0.4) is 0 Å². The van der Waals surface area contributed by atoms with Gasteiger partial charge >= 0.3 is 0 Å². The second-order valence-corrected chi connectivity index (χ2v) is 6.44. The Balaban J connectivity index is 1.85. The van der Waals surface area contributed by atoms with Gasteiger partial charge in [0.25, 0.3) is 0 Å². The van der Waals surface area contributed by atoms with E-state index < -0.39 is 0 Å². The fraction of sp³-hybridized carbons (Fsp3) is 0.133. The summed E-state index contributed by atoms with van der Waals surface area (Å²) in [6.45, 7) is 1.18. The Hall–Kier alpha value is -1.66. The van der Waals surface area contributed by atoms with Crippen LogP contribution >= 0.6 is 27.7 Å². The molecule has 2 aromatic rings. The highest BCUT2D eigenvalue weighted by Crippen LogP contribution is 2.39. The molecule has 4 nitrogen and oxygen atoms in total. The maximum absolute atomic E-state index is 7.45. The van der Waals surface area contributed by atoms with Gasteiger partial charge in [0.1, 0.15) is 19.0 Å². The summed E-state index contributed by atoms with van der Waals surface area (Å²) in [5.41, 5.74) is 6.19. The summed E-state index contributed by atoms with van der Waals surface area (Å²) in [5.74, 6) is 1.63. The van der Waals surface area contributed by atoms with Gasteiger partial charge in [-0.1, -0.05) is 17.8 Å². The number of nitrogen functional groups attached to an aromatic ring is 1. The lowest BCUT2D eigenvalue weighted by Gasteiger charge is -2.18. The monoisotopic (exact) mass is 364 g/mol. The summed E-state index contributed by atoms with van der Waals surface area (Å²) in [4.78, 5) is 2.12. The van der Waals surface area contributed by atoms with Crippen LogP contribution in [-0.4, -0.2) is 19.0 Å². The van der Waals surface area contributed by atoms with Crippen molar-refractivity contribution in [2.45, 2.75) is 9.79 Å². The fourth-order valence-corrected chi connectivity index (χ4v) is 3.44. The van der Waals surface area contributed by atoms with Gasteiger partial charge in [0.05, 0.1) is 0 Å². The Kier molecular flexibility index (Phi) is 4.07. The van der Waals surface area contributed by atoms with E-state index in [1.807, 2.05) is 36.4 Å². The molecule has 0 atom stereocenters. The normalized spacial score (nSPS) is 13.0. The Morgan fingerprint density at radius 3 is 2.57 bits per heavy atom. The summed E-state index contributed by atoms with van der Waals surface area (Å²) >= 11 is 5.13. The van der Waals surface area contributed by atoms with Crippen LogP contribution in [-0.2, 0) is 0 Å². The number of nitrogens with two attached hydrogens (primary N) is 1. The number of nitrogens with one attached hydrogen (secondary N) is 1. The van der Waals surface area contributed by atoms with Gasteiger partial charge in [-0.2, -0.15) is 0 Å². The maximum atomic E-state index is 7.45. The molecule has 6 heteroatoms. The topological polar surface area (TPSA) is 68.3 Å². The first-order valence-corrected chi connectivity index (χ1v) is 7.96. The third-order valence-electron chi connectivity index (χ3n) is 2.98. The number of rotatable bonds is 3. The largest absolute Gasteiger partial charge is 0.486 e. The number of fused-ring (bicyclic) bond motifs is 1. The molecule has 0 unspecified atom stereocenters. The quantitative estimate of drug-likeness (QED) is 0.644. The average Bonchev–Trinajstić information content (AvgIpc) is 2.49. The van der Waals surface area contributed by atoms with E-state index in [0.717, 1.165) is 25.8 Å². The van der Waals surface area contributed by atoms with Crippen LogP contribution in [0.5, 0.6) is 11.5 Å². The van der Waals surface area contributed by atoms with E-state index in [2.05, 4.69) is 15.9 Å². The molecular formula is C15H13BrN2O2S. The first-order chi connectivity index (χ1) is 10.1. The highest BCUT2D eigenvalue weighted by molar-refractivity contribution is 9.10. The second-order valence-electron chi connectivity index (χ2n) is 4.47. The molecule has 1 aliphatic heterocycles. The molecule has 0 aromatic heterocycles. The van der Waals surface area contributed by atoms with Crippen LogP contribution in [0.15, 0.2) is 50.7 Å². The Morgan fingerprint density at radius 2 is 1.86 bits per heavy atom. The molecule has 21 heavy (non-hydrogen) atoms. The minimum absolute atomic E-state index is 0.0616. The second kappa shape index (κ2) is 5.99. The van der Waals surface area contributed by atoms with Gasteiger partial charge in [-0.25, -0.2) is 0 Å². The number of amidine groups is 1. The lowest BCUT2D eigenvalue weighted by molar-refractivity contribution is 0.171. The summed E-state index contributed by atoms with van der Waals surface area (Å²) < 4.78 is 12.0. The van der Waals surface area contributed by atoms with E-state index in [1.54, 1.807) is 11.8 Å². The predicted molar refractivity (Wildman–Crippen MR) is 86.7 cm³/mol. The highest BCUT2D eigenvalue weighted by Gasteiger charge is 2.13. The molecule has 0 radical (unpaired) electrons. The third-order valence-corrected chi connectivity index (χ3v) is 4.97. The van der Waals surface area contributed by atoms with Crippen molar-refractivity contribution in [3.63, 3.8) is 0 Å². The van der Waals surface area contributed by atoms with Crippen molar-refractivity contribution < 1.29 is 9.47 Å². The Bertz CT molecular complexity index is 706. The molecule has 1 heterocycles. The standard InChI is InChI=1S/C15H13BrN2O2S/c16-11-7-9(15(17)18)1-4-14(11)21-10-2-3-12-13(8-10)20-6-5-19-12/h1-4,7-8H,5-6H2,(H3,17,18).